The normalized spacial score (nSPS) is 11.2. The molecule has 1 N–H and O–H groups in total. The molecule has 2 aromatic carbocycles. The number of nitrogens with one attached hydrogen (secondary N) is 1. The van der Waals surface area contributed by atoms with E-state index in [4.69, 9.17) is 26.3 Å². The molecule has 3 aromatic rings. The van der Waals surface area contributed by atoms with E-state index in [2.05, 4.69) is 9.17 Å². The number of hydrogen-bond acceptors (Lipinski definition) is 8. The summed E-state index contributed by atoms with van der Waals surface area (Å²) in [5, 5.41) is 9.02. The van der Waals surface area contributed by atoms with E-state index in [1.54, 1.807) is 12.1 Å². The molecule has 34 heavy (non-hydrogen) atoms. The van der Waals surface area contributed by atoms with Crippen LogP contribution in [-0.4, -0.2) is 24.6 Å². The first-order chi connectivity index (χ1) is 16.1. The van der Waals surface area contributed by atoms with Gasteiger partial charge in [0.15, 0.2) is 11.5 Å². The average molecular weight is 508 g/mol. The monoisotopic (exact) mass is 507 g/mol. The molecule has 1 aromatic heterocycles. The Bertz CT molecular complexity index is 1490. The van der Waals surface area contributed by atoms with Crippen molar-refractivity contribution in [2.45, 2.75) is 6.54 Å². The largest absolute Gasteiger partial charge is 0.488 e. The van der Waals surface area contributed by atoms with Crippen LogP contribution in [0.2, 0.25) is 5.02 Å². The molecule has 176 valence electrons. The second kappa shape index (κ2) is 10.7. The number of aromatic nitrogens is 2. The average Bonchev–Trinajstić information content (AvgIpc) is 2.74. The Balaban J connectivity index is 1.88. The lowest BCUT2D eigenvalue weighted by atomic mass is 10.2. The zero-order valence-electron chi connectivity index (χ0n) is 17.1. The first-order valence-corrected chi connectivity index (χ1v) is 11.1. The van der Waals surface area contributed by atoms with E-state index in [1.807, 2.05) is 6.07 Å². The first-order valence-electron chi connectivity index (χ1n) is 9.38. The summed E-state index contributed by atoms with van der Waals surface area (Å²) >= 11 is 6.10. The van der Waals surface area contributed by atoms with Gasteiger partial charge in [0.05, 0.1) is 12.6 Å². The fourth-order valence-corrected chi connectivity index (χ4v) is 3.29. The van der Waals surface area contributed by atoms with Crippen LogP contribution < -0.4 is 24.9 Å². The molecule has 10 nitrogen and oxygen atoms in total. The fourth-order valence-electron chi connectivity index (χ4n) is 2.73. The highest BCUT2D eigenvalue weighted by atomic mass is 35.5. The lowest BCUT2D eigenvalue weighted by Crippen LogP contribution is -2.30. The smallest absolute Gasteiger partial charge is 0.488 e. The summed E-state index contributed by atoms with van der Waals surface area (Å²) in [6, 6.07) is 11.2. The van der Waals surface area contributed by atoms with Gasteiger partial charge in [0.25, 0.3) is 5.56 Å². The maximum Gasteiger partial charge on any atom is 0.488 e. The summed E-state index contributed by atoms with van der Waals surface area (Å²) in [5.41, 5.74) is -0.627. The number of nitriles is 1. The number of rotatable bonds is 9. The van der Waals surface area contributed by atoms with Crippen molar-refractivity contribution in [1.29, 1.82) is 5.26 Å². The van der Waals surface area contributed by atoms with Gasteiger partial charge in [-0.25, -0.2) is 4.79 Å². The molecule has 1 heterocycles. The van der Waals surface area contributed by atoms with Crippen molar-refractivity contribution in [3.8, 4) is 29.1 Å². The Labute approximate surface area is 197 Å². The van der Waals surface area contributed by atoms with Gasteiger partial charge in [0.1, 0.15) is 18.1 Å². The number of allylic oxidation sites excluding steroid dienone is 1. The fraction of sp³-hybridized carbons (Fsp3) is 0.0952. The summed E-state index contributed by atoms with van der Waals surface area (Å²) in [4.78, 5) is 25.1. The Morgan fingerprint density at radius 3 is 2.62 bits per heavy atom. The number of nitrogens with zero attached hydrogens (tertiary/aromatic N) is 2. The minimum absolute atomic E-state index is 0.0157. The molecule has 0 radical (unpaired) electrons. The Morgan fingerprint density at radius 2 is 1.91 bits per heavy atom. The van der Waals surface area contributed by atoms with E-state index < -0.39 is 21.8 Å². The zero-order valence-corrected chi connectivity index (χ0v) is 18.7. The molecule has 3 rings (SSSR count). The van der Waals surface area contributed by atoms with Gasteiger partial charge in [-0.2, -0.15) is 13.7 Å². The minimum Gasteiger partial charge on any atom is -0.488 e. The van der Waals surface area contributed by atoms with Crippen LogP contribution in [0, 0.1) is 11.3 Å². The third kappa shape index (κ3) is 7.22. The van der Waals surface area contributed by atoms with Gasteiger partial charge in [0, 0.05) is 29.4 Å². The molecule has 0 aliphatic rings. The number of ether oxygens (including phenoxy) is 2. The molecule has 0 unspecified atom stereocenters. The highest BCUT2D eigenvalue weighted by molar-refractivity contribution is 7.81. The predicted octanol–water partition coefficient (Wildman–Crippen LogP) is 3.19. The molecule has 0 aliphatic heterocycles. The van der Waals surface area contributed by atoms with Crippen LogP contribution in [0.4, 0.5) is 3.89 Å². The summed E-state index contributed by atoms with van der Waals surface area (Å²) in [6.45, 7) is -0.0956. The Kier molecular flexibility index (Phi) is 7.72. The molecule has 0 amide bonds. The number of halogens is 2. The van der Waals surface area contributed by atoms with Crippen LogP contribution in [0.3, 0.4) is 0 Å². The molecule has 0 aliphatic carbocycles. The summed E-state index contributed by atoms with van der Waals surface area (Å²) < 4.78 is 51.5. The molecule has 0 bridgehead atoms. The lowest BCUT2D eigenvalue weighted by Gasteiger charge is -2.14. The van der Waals surface area contributed by atoms with Crippen molar-refractivity contribution in [1.82, 2.24) is 9.55 Å². The van der Waals surface area contributed by atoms with Crippen molar-refractivity contribution in [3.05, 3.63) is 86.2 Å². The van der Waals surface area contributed by atoms with Gasteiger partial charge < -0.3 is 13.7 Å². The van der Waals surface area contributed by atoms with Crippen molar-refractivity contribution in [3.63, 3.8) is 0 Å². The lowest BCUT2D eigenvalue weighted by molar-refractivity contribution is 0.282. The Hall–Kier alpha value is -4.08. The van der Waals surface area contributed by atoms with Crippen LogP contribution in [0.1, 0.15) is 5.56 Å². The Morgan fingerprint density at radius 1 is 1.12 bits per heavy atom. The van der Waals surface area contributed by atoms with Crippen molar-refractivity contribution in [2.24, 2.45) is 0 Å². The standard InChI is InChI=1S/C21H15ClFN3O7S/c22-15-10-14(2-1-6-24)11-17(12-15)32-18-4-3-16(33-34(23,29)30)13-19(18)31-9-8-26-7-5-20(27)25-21(26)28/h1-5,7,10-13H,8-9H2,(H,25,27,28). The van der Waals surface area contributed by atoms with Crippen LogP contribution in [0.25, 0.3) is 6.08 Å². The molecule has 0 spiro atoms. The molecule has 0 atom stereocenters. The van der Waals surface area contributed by atoms with Gasteiger partial charge in [-0.3, -0.25) is 14.3 Å². The molecule has 13 heteroatoms. The number of hydrogen-bond donors (Lipinski definition) is 1. The van der Waals surface area contributed by atoms with Crippen molar-refractivity contribution < 1.29 is 26.0 Å². The van der Waals surface area contributed by atoms with Crippen LogP contribution in [-0.2, 0) is 17.0 Å². The minimum atomic E-state index is -5.29. The third-order valence-corrected chi connectivity index (χ3v) is 4.68. The predicted molar refractivity (Wildman–Crippen MR) is 120 cm³/mol. The van der Waals surface area contributed by atoms with Gasteiger partial charge in [-0.1, -0.05) is 15.5 Å². The van der Waals surface area contributed by atoms with Crippen LogP contribution in [0.15, 0.2) is 64.3 Å². The second-order valence-electron chi connectivity index (χ2n) is 6.52. The highest BCUT2D eigenvalue weighted by Crippen LogP contribution is 2.36. The quantitative estimate of drug-likeness (QED) is 0.344. The summed E-state index contributed by atoms with van der Waals surface area (Å²) in [5.74, 6) is -0.0593. The van der Waals surface area contributed by atoms with Crippen LogP contribution >= 0.6 is 11.6 Å². The number of aromatic amines is 1. The maximum absolute atomic E-state index is 13.0. The molecular weight excluding hydrogens is 493 g/mol. The molecule has 0 saturated carbocycles. The van der Waals surface area contributed by atoms with Gasteiger partial charge in [-0.05, 0) is 42.0 Å². The summed E-state index contributed by atoms with van der Waals surface area (Å²) in [6.07, 6.45) is 4.05. The zero-order chi connectivity index (χ0) is 24.7. The topological polar surface area (TPSA) is 140 Å². The van der Waals surface area contributed by atoms with E-state index >= 15 is 0 Å². The second-order valence-corrected chi connectivity index (χ2v) is 7.91. The van der Waals surface area contributed by atoms with E-state index in [0.717, 1.165) is 18.2 Å². The van der Waals surface area contributed by atoms with Crippen LogP contribution in [0.5, 0.6) is 23.0 Å². The number of H-pyrrole nitrogens is 1. The van der Waals surface area contributed by atoms with Gasteiger partial charge in [-0.15, -0.1) is 0 Å². The van der Waals surface area contributed by atoms with E-state index in [9.17, 15) is 21.9 Å². The van der Waals surface area contributed by atoms with Crippen molar-refractivity contribution in [2.75, 3.05) is 6.61 Å². The van der Waals surface area contributed by atoms with E-state index in [0.29, 0.717) is 10.6 Å². The summed E-state index contributed by atoms with van der Waals surface area (Å²) in [7, 11) is -5.29. The van der Waals surface area contributed by atoms with E-state index in [1.165, 1.54) is 35.0 Å². The first kappa shape index (κ1) is 24.6. The van der Waals surface area contributed by atoms with Gasteiger partial charge in [0.2, 0.25) is 0 Å². The van der Waals surface area contributed by atoms with Gasteiger partial charge >= 0.3 is 16.2 Å². The molecular formula is C21H15ClFN3O7S. The van der Waals surface area contributed by atoms with E-state index in [-0.39, 0.29) is 36.1 Å². The SMILES string of the molecule is N#CC=Cc1cc(Cl)cc(Oc2ccc(OS(=O)(=O)F)cc2OCCn2ccc(=O)[nH]c2=O)c1. The third-order valence-electron chi connectivity index (χ3n) is 4.07. The van der Waals surface area contributed by atoms with Crippen molar-refractivity contribution >= 4 is 28.2 Å². The molecule has 0 saturated heterocycles. The molecule has 0 fully saturated rings. The number of benzene rings is 2. The maximum atomic E-state index is 13.0. The highest BCUT2D eigenvalue weighted by Gasteiger charge is 2.15.